The van der Waals surface area contributed by atoms with Gasteiger partial charge >= 0.3 is 6.09 Å². The molecule has 0 saturated heterocycles. The number of carbonyl (C=O) groups is 2. The van der Waals surface area contributed by atoms with Crippen LogP contribution in [0.4, 0.5) is 4.79 Å². The van der Waals surface area contributed by atoms with Crippen molar-refractivity contribution in [2.75, 3.05) is 6.61 Å². The van der Waals surface area contributed by atoms with Crippen LogP contribution in [0, 0.1) is 5.92 Å². The second kappa shape index (κ2) is 8.52. The van der Waals surface area contributed by atoms with Gasteiger partial charge in [0.15, 0.2) is 0 Å². The Morgan fingerprint density at radius 1 is 1.29 bits per heavy atom. The maximum atomic E-state index is 12.2. The number of rotatable bonds is 6. The lowest BCUT2D eigenvalue weighted by Crippen LogP contribution is -2.49. The average Bonchev–Trinajstić information content (AvgIpc) is 2.43. The molecule has 0 aliphatic heterocycles. The van der Waals surface area contributed by atoms with Gasteiger partial charge in [0.25, 0.3) is 0 Å². The van der Waals surface area contributed by atoms with E-state index in [9.17, 15) is 9.59 Å². The second-order valence-electron chi connectivity index (χ2n) is 4.90. The standard InChI is InChI=1S/C15H21ClN2O3/c1-4-21-15(20)18-13(10(2)3)14(19)17-9-11-7-5-6-8-12(11)16/h5-8,10,13H,4,9H2,1-3H3,(H,17,19)(H,18,20)/t13-/m0/s1. The summed E-state index contributed by atoms with van der Waals surface area (Å²) >= 11 is 6.03. The van der Waals surface area contributed by atoms with E-state index in [0.29, 0.717) is 11.6 Å². The van der Waals surface area contributed by atoms with E-state index in [-0.39, 0.29) is 18.4 Å². The maximum Gasteiger partial charge on any atom is 0.407 e. The lowest BCUT2D eigenvalue weighted by Gasteiger charge is -2.21. The Hall–Kier alpha value is -1.75. The van der Waals surface area contributed by atoms with Crippen molar-refractivity contribution < 1.29 is 14.3 Å². The molecule has 0 radical (unpaired) electrons. The van der Waals surface area contributed by atoms with E-state index in [2.05, 4.69) is 10.6 Å². The molecule has 0 bridgehead atoms. The number of benzene rings is 1. The molecule has 1 aromatic carbocycles. The minimum atomic E-state index is -0.647. The Balaban J connectivity index is 2.61. The van der Waals surface area contributed by atoms with E-state index in [1.165, 1.54) is 0 Å². The van der Waals surface area contributed by atoms with Gasteiger partial charge in [-0.1, -0.05) is 43.6 Å². The van der Waals surface area contributed by atoms with E-state index >= 15 is 0 Å². The predicted molar refractivity (Wildman–Crippen MR) is 82.1 cm³/mol. The van der Waals surface area contributed by atoms with Crippen LogP contribution in [0.25, 0.3) is 0 Å². The third kappa shape index (κ3) is 5.63. The first kappa shape index (κ1) is 17.3. The zero-order valence-corrected chi connectivity index (χ0v) is 13.2. The molecule has 0 heterocycles. The van der Waals surface area contributed by atoms with E-state index in [4.69, 9.17) is 16.3 Å². The van der Waals surface area contributed by atoms with Gasteiger partial charge in [-0.15, -0.1) is 0 Å². The van der Waals surface area contributed by atoms with E-state index in [0.717, 1.165) is 5.56 Å². The minimum Gasteiger partial charge on any atom is -0.450 e. The van der Waals surface area contributed by atoms with Crippen LogP contribution in [0.5, 0.6) is 0 Å². The van der Waals surface area contributed by atoms with Crippen molar-refractivity contribution in [3.8, 4) is 0 Å². The molecular weight excluding hydrogens is 292 g/mol. The highest BCUT2D eigenvalue weighted by Gasteiger charge is 2.24. The van der Waals surface area contributed by atoms with Crippen molar-refractivity contribution in [1.29, 1.82) is 0 Å². The second-order valence-corrected chi connectivity index (χ2v) is 5.30. The molecule has 0 fully saturated rings. The molecule has 0 spiro atoms. The third-order valence-corrected chi connectivity index (χ3v) is 3.28. The fourth-order valence-corrected chi connectivity index (χ4v) is 1.97. The number of amides is 2. The van der Waals surface area contributed by atoms with E-state index < -0.39 is 12.1 Å². The van der Waals surface area contributed by atoms with E-state index in [1.807, 2.05) is 32.0 Å². The summed E-state index contributed by atoms with van der Waals surface area (Å²) in [6.45, 7) is 5.99. The minimum absolute atomic E-state index is 0.0550. The summed E-state index contributed by atoms with van der Waals surface area (Å²) in [5.41, 5.74) is 0.825. The molecule has 2 N–H and O–H groups in total. The molecule has 0 unspecified atom stereocenters. The fourth-order valence-electron chi connectivity index (χ4n) is 1.77. The molecule has 0 aliphatic carbocycles. The molecule has 5 nitrogen and oxygen atoms in total. The SMILES string of the molecule is CCOC(=O)N[C@H](C(=O)NCc1ccccc1Cl)C(C)C. The van der Waals surface area contributed by atoms with Crippen LogP contribution in [0.2, 0.25) is 5.02 Å². The summed E-state index contributed by atoms with van der Waals surface area (Å²) in [5.74, 6) is -0.321. The highest BCUT2D eigenvalue weighted by atomic mass is 35.5. The Kier molecular flexibility index (Phi) is 7.02. The number of alkyl carbamates (subject to hydrolysis) is 1. The number of halogens is 1. The molecule has 1 atom stereocenters. The van der Waals surface area contributed by atoms with Crippen molar-refractivity contribution >= 4 is 23.6 Å². The largest absolute Gasteiger partial charge is 0.450 e. The van der Waals surface area contributed by atoms with Gasteiger partial charge in [-0.3, -0.25) is 4.79 Å². The summed E-state index contributed by atoms with van der Waals surface area (Å²) in [4.78, 5) is 23.6. The topological polar surface area (TPSA) is 67.4 Å². The van der Waals surface area contributed by atoms with Crippen molar-refractivity contribution in [2.45, 2.75) is 33.4 Å². The summed E-state index contributed by atoms with van der Waals surface area (Å²) in [5, 5.41) is 5.93. The van der Waals surface area contributed by atoms with Crippen LogP contribution in [-0.2, 0) is 16.1 Å². The van der Waals surface area contributed by atoms with E-state index in [1.54, 1.807) is 13.0 Å². The number of hydrogen-bond donors (Lipinski definition) is 2. The van der Waals surface area contributed by atoms with Crippen molar-refractivity contribution in [1.82, 2.24) is 10.6 Å². The number of hydrogen-bond acceptors (Lipinski definition) is 3. The smallest absolute Gasteiger partial charge is 0.407 e. The number of ether oxygens (including phenoxy) is 1. The Bertz CT molecular complexity index is 492. The number of carbonyl (C=O) groups excluding carboxylic acids is 2. The molecule has 1 aromatic rings. The normalized spacial score (nSPS) is 11.9. The maximum absolute atomic E-state index is 12.2. The highest BCUT2D eigenvalue weighted by molar-refractivity contribution is 6.31. The zero-order chi connectivity index (χ0) is 15.8. The molecule has 21 heavy (non-hydrogen) atoms. The quantitative estimate of drug-likeness (QED) is 0.848. The molecule has 116 valence electrons. The zero-order valence-electron chi connectivity index (χ0n) is 12.5. The first-order valence-electron chi connectivity index (χ1n) is 6.90. The van der Waals surface area contributed by atoms with Gasteiger partial charge in [0, 0.05) is 11.6 Å². The first-order valence-corrected chi connectivity index (χ1v) is 7.27. The lowest BCUT2D eigenvalue weighted by atomic mass is 10.0. The molecule has 0 aromatic heterocycles. The molecular formula is C15H21ClN2O3. The van der Waals surface area contributed by atoms with Crippen LogP contribution in [0.3, 0.4) is 0 Å². The Labute approximate surface area is 130 Å². The first-order chi connectivity index (χ1) is 9.95. The van der Waals surface area contributed by atoms with Crippen molar-refractivity contribution in [3.05, 3.63) is 34.9 Å². The Morgan fingerprint density at radius 3 is 2.52 bits per heavy atom. The monoisotopic (exact) mass is 312 g/mol. The van der Waals surface area contributed by atoms with Gasteiger partial charge in [0.2, 0.25) is 5.91 Å². The van der Waals surface area contributed by atoms with Gasteiger partial charge in [-0.2, -0.15) is 0 Å². The summed E-state index contributed by atoms with van der Waals surface area (Å²) in [7, 11) is 0. The predicted octanol–water partition coefficient (Wildman–Crippen LogP) is 2.73. The van der Waals surface area contributed by atoms with Crippen LogP contribution in [-0.4, -0.2) is 24.6 Å². The molecule has 0 saturated carbocycles. The van der Waals surface area contributed by atoms with Gasteiger partial charge in [0.05, 0.1) is 6.61 Å². The van der Waals surface area contributed by atoms with Crippen LogP contribution >= 0.6 is 11.6 Å². The Morgan fingerprint density at radius 2 is 1.95 bits per heavy atom. The highest BCUT2D eigenvalue weighted by Crippen LogP contribution is 2.14. The summed E-state index contributed by atoms with van der Waals surface area (Å²) < 4.78 is 4.80. The van der Waals surface area contributed by atoms with Gasteiger partial charge < -0.3 is 15.4 Å². The molecule has 0 aliphatic rings. The van der Waals surface area contributed by atoms with Crippen LogP contribution in [0.1, 0.15) is 26.3 Å². The van der Waals surface area contributed by atoms with Gasteiger partial charge in [-0.05, 0) is 24.5 Å². The van der Waals surface area contributed by atoms with Crippen molar-refractivity contribution in [3.63, 3.8) is 0 Å². The van der Waals surface area contributed by atoms with Gasteiger partial charge in [-0.25, -0.2) is 4.79 Å². The number of nitrogens with one attached hydrogen (secondary N) is 2. The molecule has 1 rings (SSSR count). The molecule has 6 heteroatoms. The van der Waals surface area contributed by atoms with Gasteiger partial charge in [0.1, 0.15) is 6.04 Å². The van der Waals surface area contributed by atoms with Crippen LogP contribution < -0.4 is 10.6 Å². The summed E-state index contributed by atoms with van der Waals surface area (Å²) in [6.07, 6.45) is -0.593. The van der Waals surface area contributed by atoms with Crippen molar-refractivity contribution in [2.24, 2.45) is 5.92 Å². The average molecular weight is 313 g/mol. The van der Waals surface area contributed by atoms with Crippen LogP contribution in [0.15, 0.2) is 24.3 Å². The lowest BCUT2D eigenvalue weighted by molar-refractivity contribution is -0.124. The molecule has 2 amide bonds. The summed E-state index contributed by atoms with van der Waals surface area (Å²) in [6, 6.07) is 6.63. The third-order valence-electron chi connectivity index (χ3n) is 2.91. The fraction of sp³-hybridized carbons (Fsp3) is 0.467.